The second-order valence-corrected chi connectivity index (χ2v) is 3.91. The second kappa shape index (κ2) is 8.34. The van der Waals surface area contributed by atoms with Crippen LogP contribution < -0.4 is 0 Å². The highest BCUT2D eigenvalue weighted by atomic mass is 14.2. The number of hydrogen-bond acceptors (Lipinski definition) is 0. The van der Waals surface area contributed by atoms with E-state index in [0.29, 0.717) is 0 Å². The van der Waals surface area contributed by atoms with E-state index < -0.39 is 0 Å². The van der Waals surface area contributed by atoms with Crippen molar-refractivity contribution in [2.45, 2.75) is 59.8 Å². The van der Waals surface area contributed by atoms with Crippen molar-refractivity contribution in [1.82, 2.24) is 0 Å². The largest absolute Gasteiger partial charge is 0.0914 e. The van der Waals surface area contributed by atoms with Crippen LogP contribution in [0, 0.1) is 11.8 Å². The lowest BCUT2D eigenvalue weighted by atomic mass is 9.84. The second-order valence-electron chi connectivity index (χ2n) is 3.91. The Kier molecular flexibility index (Phi) is 8.18. The topological polar surface area (TPSA) is 0 Å². The summed E-state index contributed by atoms with van der Waals surface area (Å²) in [6, 6.07) is 0. The Hall–Kier alpha value is -0.260. The molecule has 0 aliphatic heterocycles. The minimum Gasteiger partial charge on any atom is -0.0914 e. The van der Waals surface area contributed by atoms with Gasteiger partial charge < -0.3 is 0 Å². The monoisotopic (exact) mass is 182 g/mol. The van der Waals surface area contributed by atoms with Crippen molar-refractivity contribution in [3.63, 3.8) is 0 Å². The van der Waals surface area contributed by atoms with E-state index in [9.17, 15) is 0 Å². The molecule has 0 aliphatic carbocycles. The Morgan fingerprint density at radius 1 is 1.08 bits per heavy atom. The van der Waals surface area contributed by atoms with Gasteiger partial charge in [0.15, 0.2) is 0 Å². The summed E-state index contributed by atoms with van der Waals surface area (Å²) in [7, 11) is 0. The predicted octanol–water partition coefficient (Wildman–Crippen LogP) is 4.81. The molecule has 0 radical (unpaired) electrons. The lowest BCUT2D eigenvalue weighted by molar-refractivity contribution is 0.345. The molecule has 0 heterocycles. The molecule has 0 nitrogen and oxygen atoms in total. The third-order valence-corrected chi connectivity index (χ3v) is 2.98. The summed E-state index contributed by atoms with van der Waals surface area (Å²) in [5.74, 6) is 1.74. The van der Waals surface area contributed by atoms with Crippen LogP contribution in [0.15, 0.2) is 12.2 Å². The lowest BCUT2D eigenvalue weighted by Crippen LogP contribution is -2.11. The molecule has 0 aromatic carbocycles. The van der Waals surface area contributed by atoms with E-state index >= 15 is 0 Å². The molecule has 0 saturated carbocycles. The molecule has 0 rings (SSSR count). The van der Waals surface area contributed by atoms with Crippen molar-refractivity contribution in [2.24, 2.45) is 11.8 Å². The molecule has 0 spiro atoms. The van der Waals surface area contributed by atoms with Gasteiger partial charge in [-0.1, -0.05) is 58.6 Å². The fraction of sp³-hybridized carbons (Fsp3) is 0.846. The Morgan fingerprint density at radius 3 is 2.08 bits per heavy atom. The molecule has 0 aliphatic rings. The molecule has 0 heteroatoms. The first kappa shape index (κ1) is 12.7. The van der Waals surface area contributed by atoms with Gasteiger partial charge in [-0.25, -0.2) is 0 Å². The molecule has 0 saturated heterocycles. The van der Waals surface area contributed by atoms with Crippen molar-refractivity contribution in [3.8, 4) is 0 Å². The quantitative estimate of drug-likeness (QED) is 0.496. The summed E-state index contributed by atoms with van der Waals surface area (Å²) in [5, 5.41) is 0. The van der Waals surface area contributed by atoms with Gasteiger partial charge in [0.05, 0.1) is 0 Å². The maximum atomic E-state index is 2.41. The van der Waals surface area contributed by atoms with Crippen molar-refractivity contribution < 1.29 is 0 Å². The molecule has 0 fully saturated rings. The minimum atomic E-state index is 0.833. The minimum absolute atomic E-state index is 0.833. The Labute approximate surface area is 84.4 Å². The highest BCUT2D eigenvalue weighted by molar-refractivity contribution is 4.88. The summed E-state index contributed by atoms with van der Waals surface area (Å²) >= 11 is 0. The van der Waals surface area contributed by atoms with Gasteiger partial charge in [-0.05, 0) is 25.2 Å². The third kappa shape index (κ3) is 5.13. The van der Waals surface area contributed by atoms with E-state index in [1.54, 1.807) is 0 Å². The fourth-order valence-electron chi connectivity index (χ4n) is 2.07. The summed E-state index contributed by atoms with van der Waals surface area (Å²) in [4.78, 5) is 0. The van der Waals surface area contributed by atoms with Crippen LogP contribution in [0.2, 0.25) is 0 Å². The highest BCUT2D eigenvalue weighted by Gasteiger charge is 2.14. The first-order chi connectivity index (χ1) is 6.29. The molecule has 0 aromatic rings. The zero-order chi connectivity index (χ0) is 10.1. The smallest absolute Gasteiger partial charge is 0.0205 e. The third-order valence-electron chi connectivity index (χ3n) is 2.98. The molecular formula is C13H26. The summed E-state index contributed by atoms with van der Waals surface area (Å²) in [6.45, 7) is 9.05. The average Bonchev–Trinajstić information content (AvgIpc) is 2.16. The van der Waals surface area contributed by atoms with E-state index in [-0.39, 0.29) is 0 Å². The first-order valence-corrected chi connectivity index (χ1v) is 5.92. The fourth-order valence-corrected chi connectivity index (χ4v) is 2.07. The molecule has 0 amide bonds. The van der Waals surface area contributed by atoms with Crippen molar-refractivity contribution in [2.75, 3.05) is 0 Å². The van der Waals surface area contributed by atoms with Crippen molar-refractivity contribution in [3.05, 3.63) is 12.2 Å². The molecule has 1 atom stereocenters. The number of rotatable bonds is 7. The molecule has 1 unspecified atom stereocenters. The molecule has 0 aromatic heterocycles. The van der Waals surface area contributed by atoms with E-state index in [4.69, 9.17) is 0 Å². The maximum absolute atomic E-state index is 2.41. The molecule has 0 N–H and O–H groups in total. The lowest BCUT2D eigenvalue weighted by Gasteiger charge is -2.21. The van der Waals surface area contributed by atoms with Crippen molar-refractivity contribution in [1.29, 1.82) is 0 Å². The van der Waals surface area contributed by atoms with Gasteiger partial charge in [0, 0.05) is 0 Å². The van der Waals surface area contributed by atoms with Gasteiger partial charge >= 0.3 is 0 Å². The zero-order valence-corrected chi connectivity index (χ0v) is 9.84. The van der Waals surface area contributed by atoms with Crippen LogP contribution in [0.25, 0.3) is 0 Å². The number of hydrogen-bond donors (Lipinski definition) is 0. The van der Waals surface area contributed by atoms with Gasteiger partial charge in [0.2, 0.25) is 0 Å². The number of unbranched alkanes of at least 4 members (excludes halogenated alkanes) is 1. The Morgan fingerprint density at radius 2 is 1.69 bits per heavy atom. The average molecular weight is 182 g/mol. The Bertz CT molecular complexity index is 120. The van der Waals surface area contributed by atoms with E-state index in [2.05, 4.69) is 39.8 Å². The summed E-state index contributed by atoms with van der Waals surface area (Å²) < 4.78 is 0. The summed E-state index contributed by atoms with van der Waals surface area (Å²) in [5.41, 5.74) is 0. The molecular weight excluding hydrogens is 156 g/mol. The molecule has 13 heavy (non-hydrogen) atoms. The highest BCUT2D eigenvalue weighted by Crippen LogP contribution is 2.25. The van der Waals surface area contributed by atoms with Crippen LogP contribution >= 0.6 is 0 Å². The zero-order valence-electron chi connectivity index (χ0n) is 9.84. The van der Waals surface area contributed by atoms with Gasteiger partial charge in [0.25, 0.3) is 0 Å². The van der Waals surface area contributed by atoms with Crippen LogP contribution in [0.3, 0.4) is 0 Å². The normalized spacial score (nSPS) is 14.2. The number of allylic oxidation sites excluding steroid dienone is 2. The van der Waals surface area contributed by atoms with Gasteiger partial charge in [0.1, 0.15) is 0 Å². The molecule has 78 valence electrons. The van der Waals surface area contributed by atoms with Gasteiger partial charge in [-0.15, -0.1) is 0 Å². The van der Waals surface area contributed by atoms with E-state index in [1.807, 2.05) is 0 Å². The van der Waals surface area contributed by atoms with E-state index in [1.165, 1.54) is 32.1 Å². The predicted molar refractivity (Wildman–Crippen MR) is 61.9 cm³/mol. The van der Waals surface area contributed by atoms with Crippen LogP contribution in [-0.4, -0.2) is 0 Å². The van der Waals surface area contributed by atoms with Gasteiger partial charge in [-0.2, -0.15) is 0 Å². The first-order valence-electron chi connectivity index (χ1n) is 5.92. The van der Waals surface area contributed by atoms with Crippen LogP contribution in [-0.2, 0) is 0 Å². The van der Waals surface area contributed by atoms with E-state index in [0.717, 1.165) is 11.8 Å². The maximum Gasteiger partial charge on any atom is -0.0205 e. The Balaban J connectivity index is 4.03. The van der Waals surface area contributed by atoms with Crippen LogP contribution in [0.4, 0.5) is 0 Å². The SMILES string of the molecule is C/C=C/C(CCCC)C(CC)CC. The van der Waals surface area contributed by atoms with Crippen molar-refractivity contribution >= 4 is 0 Å². The van der Waals surface area contributed by atoms with Crippen LogP contribution in [0.5, 0.6) is 0 Å². The van der Waals surface area contributed by atoms with Gasteiger partial charge in [-0.3, -0.25) is 0 Å². The molecule has 0 bridgehead atoms. The summed E-state index contributed by atoms with van der Waals surface area (Å²) in [6.07, 6.45) is 11.4. The van der Waals surface area contributed by atoms with Crippen LogP contribution in [0.1, 0.15) is 59.8 Å². The standard InChI is InChI=1S/C13H26/c1-5-9-11-13(10-6-2)12(7-3)8-4/h6,10,12-13H,5,7-9,11H2,1-4H3/b10-6+.